The number of ether oxygens (including phenoxy) is 2. The van der Waals surface area contributed by atoms with Gasteiger partial charge < -0.3 is 15.2 Å². The summed E-state index contributed by atoms with van der Waals surface area (Å²) in [5, 5.41) is 10.2. The highest BCUT2D eigenvalue weighted by atomic mass is 16.5. The Labute approximate surface area is 223 Å². The van der Waals surface area contributed by atoms with E-state index in [1.165, 1.54) is 24.3 Å². The summed E-state index contributed by atoms with van der Waals surface area (Å²) in [4.78, 5) is 54.9. The fraction of sp³-hybridized carbons (Fsp3) is 0.100. The summed E-state index contributed by atoms with van der Waals surface area (Å²) in [5.74, 6) is -3.98. The van der Waals surface area contributed by atoms with E-state index >= 15 is 0 Å². The van der Waals surface area contributed by atoms with Crippen molar-refractivity contribution in [2.45, 2.75) is 5.92 Å². The normalized spacial score (nSPS) is 16.3. The summed E-state index contributed by atoms with van der Waals surface area (Å²) in [6, 6.07) is 21.6. The molecule has 0 radical (unpaired) electrons. The summed E-state index contributed by atoms with van der Waals surface area (Å²) < 4.78 is 10.1. The van der Waals surface area contributed by atoms with Crippen LogP contribution in [0.2, 0.25) is 0 Å². The molecule has 0 amide bonds. The number of nitriles is 1. The number of ketones is 2. The molecule has 2 aliphatic rings. The molecule has 39 heavy (non-hydrogen) atoms. The van der Waals surface area contributed by atoms with Gasteiger partial charge in [0.05, 0.1) is 48.6 Å². The van der Waals surface area contributed by atoms with Crippen LogP contribution in [0.3, 0.4) is 0 Å². The predicted octanol–water partition coefficient (Wildman–Crippen LogP) is 3.36. The van der Waals surface area contributed by atoms with Crippen LogP contribution in [0.1, 0.15) is 43.3 Å². The van der Waals surface area contributed by atoms with E-state index in [4.69, 9.17) is 15.2 Å². The maximum Gasteiger partial charge on any atom is 0.355 e. The van der Waals surface area contributed by atoms with E-state index in [9.17, 15) is 24.4 Å². The molecule has 1 heterocycles. The maximum absolute atomic E-state index is 13.8. The molecule has 9 heteroatoms. The van der Waals surface area contributed by atoms with Crippen LogP contribution in [0.4, 0.5) is 5.69 Å². The number of methoxy groups -OCH3 is 2. The summed E-state index contributed by atoms with van der Waals surface area (Å²) >= 11 is 0. The quantitative estimate of drug-likeness (QED) is 0.402. The number of benzene rings is 3. The van der Waals surface area contributed by atoms with Crippen LogP contribution < -0.4 is 10.6 Å². The number of allylic oxidation sites excluding steroid dienone is 1. The van der Waals surface area contributed by atoms with E-state index in [0.29, 0.717) is 5.56 Å². The summed E-state index contributed by atoms with van der Waals surface area (Å²) in [6.45, 7) is 0. The second kappa shape index (κ2) is 9.76. The Balaban J connectivity index is 1.86. The van der Waals surface area contributed by atoms with Crippen molar-refractivity contribution in [1.82, 2.24) is 0 Å². The van der Waals surface area contributed by atoms with Crippen molar-refractivity contribution >= 4 is 29.2 Å². The number of fused-ring (bicyclic) bond motifs is 2. The summed E-state index contributed by atoms with van der Waals surface area (Å²) in [7, 11) is 2.28. The zero-order valence-corrected chi connectivity index (χ0v) is 20.9. The molecule has 2 N–H and O–H groups in total. The van der Waals surface area contributed by atoms with Gasteiger partial charge in [-0.15, -0.1) is 0 Å². The minimum absolute atomic E-state index is 0.0229. The lowest BCUT2D eigenvalue weighted by atomic mass is 9.79. The van der Waals surface area contributed by atoms with Crippen molar-refractivity contribution < 1.29 is 28.7 Å². The van der Waals surface area contributed by atoms with Crippen LogP contribution in [0.5, 0.6) is 0 Å². The SMILES string of the molecule is COC(=O)C1=C(C(=O)OC)N(c2cccc3c2C(=O)c2ccccc2C3=O)C(N)=C(C#N)C1c1ccccc1. The first-order valence-electron chi connectivity index (χ1n) is 11.8. The van der Waals surface area contributed by atoms with E-state index in [1.807, 2.05) is 0 Å². The summed E-state index contributed by atoms with van der Waals surface area (Å²) in [5.41, 5.74) is 7.04. The third-order valence-electron chi connectivity index (χ3n) is 6.78. The molecule has 192 valence electrons. The number of esters is 2. The molecule has 1 atom stereocenters. The smallest absolute Gasteiger partial charge is 0.355 e. The third kappa shape index (κ3) is 3.78. The van der Waals surface area contributed by atoms with Crippen LogP contribution in [0.25, 0.3) is 0 Å². The highest BCUT2D eigenvalue weighted by molar-refractivity contribution is 6.30. The van der Waals surface area contributed by atoms with Crippen molar-refractivity contribution in [2.75, 3.05) is 19.1 Å². The number of hydrogen-bond donors (Lipinski definition) is 1. The average Bonchev–Trinajstić information content (AvgIpc) is 2.98. The van der Waals surface area contributed by atoms with Gasteiger partial charge in [-0.3, -0.25) is 14.5 Å². The summed E-state index contributed by atoms with van der Waals surface area (Å²) in [6.07, 6.45) is 0. The second-order valence-electron chi connectivity index (χ2n) is 8.74. The molecular formula is C30H21N3O6. The van der Waals surface area contributed by atoms with Gasteiger partial charge in [0.1, 0.15) is 11.5 Å². The molecule has 0 saturated heterocycles. The fourth-order valence-corrected chi connectivity index (χ4v) is 5.08. The van der Waals surface area contributed by atoms with Crippen molar-refractivity contribution in [1.29, 1.82) is 5.26 Å². The van der Waals surface area contributed by atoms with Crippen LogP contribution in [-0.4, -0.2) is 37.7 Å². The second-order valence-corrected chi connectivity index (χ2v) is 8.74. The zero-order valence-electron chi connectivity index (χ0n) is 20.9. The molecule has 0 bridgehead atoms. The van der Waals surface area contributed by atoms with Crippen molar-refractivity contribution in [3.63, 3.8) is 0 Å². The number of carbonyl (C=O) groups excluding carboxylic acids is 4. The average molecular weight is 520 g/mol. The molecule has 0 aromatic heterocycles. The van der Waals surface area contributed by atoms with E-state index < -0.39 is 23.6 Å². The number of carbonyl (C=O) groups is 4. The lowest BCUT2D eigenvalue weighted by Crippen LogP contribution is -2.41. The molecular weight excluding hydrogens is 498 g/mol. The molecule has 3 aromatic rings. The highest BCUT2D eigenvalue weighted by Crippen LogP contribution is 2.45. The van der Waals surface area contributed by atoms with Gasteiger partial charge in [0.2, 0.25) is 0 Å². The van der Waals surface area contributed by atoms with E-state index in [0.717, 1.165) is 19.1 Å². The molecule has 1 unspecified atom stereocenters. The highest BCUT2D eigenvalue weighted by Gasteiger charge is 2.44. The monoisotopic (exact) mass is 519 g/mol. The fourth-order valence-electron chi connectivity index (χ4n) is 5.08. The third-order valence-corrected chi connectivity index (χ3v) is 6.78. The van der Waals surface area contributed by atoms with Gasteiger partial charge in [-0.1, -0.05) is 66.7 Å². The molecule has 1 aliphatic carbocycles. The number of nitrogens with two attached hydrogens (primary N) is 1. The van der Waals surface area contributed by atoms with E-state index in [2.05, 4.69) is 6.07 Å². The first-order chi connectivity index (χ1) is 18.8. The van der Waals surface area contributed by atoms with Gasteiger partial charge in [-0.05, 0) is 11.6 Å². The Morgan fingerprint density at radius 2 is 1.41 bits per heavy atom. The lowest BCUT2D eigenvalue weighted by Gasteiger charge is -2.37. The minimum atomic E-state index is -1.06. The molecule has 9 nitrogen and oxygen atoms in total. The first-order valence-corrected chi connectivity index (χ1v) is 11.8. The largest absolute Gasteiger partial charge is 0.466 e. The van der Waals surface area contributed by atoms with Gasteiger partial charge >= 0.3 is 11.9 Å². The zero-order chi connectivity index (χ0) is 27.8. The molecule has 0 saturated carbocycles. The van der Waals surface area contributed by atoms with Crippen LogP contribution in [-0.2, 0) is 19.1 Å². The number of rotatable bonds is 4. The Morgan fingerprint density at radius 3 is 2.03 bits per heavy atom. The Hall–Kier alpha value is -5.49. The number of anilines is 1. The van der Waals surface area contributed by atoms with Gasteiger partial charge in [0.25, 0.3) is 0 Å². The Kier molecular flexibility index (Phi) is 6.30. The minimum Gasteiger partial charge on any atom is -0.466 e. The first kappa shape index (κ1) is 25.2. The number of hydrogen-bond acceptors (Lipinski definition) is 9. The van der Waals surface area contributed by atoms with Crippen LogP contribution in [0, 0.1) is 11.3 Å². The molecule has 1 aliphatic heterocycles. The van der Waals surface area contributed by atoms with Crippen molar-refractivity contribution in [3.8, 4) is 6.07 Å². The van der Waals surface area contributed by atoms with E-state index in [1.54, 1.807) is 48.5 Å². The molecule has 0 spiro atoms. The maximum atomic E-state index is 13.8. The standard InChI is InChI=1S/C30H21N3O6/c1-38-29(36)24-22(16-9-4-3-5-10-16)20(15-31)28(32)33(25(24)30(37)39-2)21-14-8-13-19-23(21)27(35)18-12-7-6-11-17(18)26(19)34/h3-14,22H,32H2,1-2H3. The topological polar surface area (TPSA) is 140 Å². The number of nitrogens with zero attached hydrogens (tertiary/aromatic N) is 2. The van der Waals surface area contributed by atoms with Gasteiger partial charge in [-0.25, -0.2) is 9.59 Å². The molecule has 3 aromatic carbocycles. The Bertz CT molecular complexity index is 1680. The van der Waals surface area contributed by atoms with Crippen LogP contribution in [0.15, 0.2) is 95.5 Å². The van der Waals surface area contributed by atoms with Crippen molar-refractivity contribution in [2.24, 2.45) is 5.73 Å². The molecule has 0 fully saturated rings. The Morgan fingerprint density at radius 1 is 0.821 bits per heavy atom. The molecule has 5 rings (SSSR count). The van der Waals surface area contributed by atoms with Gasteiger partial charge in [-0.2, -0.15) is 5.26 Å². The predicted molar refractivity (Wildman–Crippen MR) is 139 cm³/mol. The van der Waals surface area contributed by atoms with Gasteiger partial charge in [0.15, 0.2) is 11.6 Å². The van der Waals surface area contributed by atoms with Crippen molar-refractivity contribution in [3.05, 3.63) is 123 Å². The van der Waals surface area contributed by atoms with Crippen LogP contribution >= 0.6 is 0 Å². The lowest BCUT2D eigenvalue weighted by molar-refractivity contribution is -0.139. The van der Waals surface area contributed by atoms with Gasteiger partial charge in [0, 0.05) is 16.7 Å². The van der Waals surface area contributed by atoms with E-state index in [-0.39, 0.29) is 56.4 Å².